The molecule has 0 fully saturated rings. The van der Waals surface area contributed by atoms with Crippen LogP contribution in [0.25, 0.3) is 0 Å². The van der Waals surface area contributed by atoms with Gasteiger partial charge in [0.15, 0.2) is 5.82 Å². The molecule has 0 unspecified atom stereocenters. The number of halogens is 1. The van der Waals surface area contributed by atoms with E-state index in [0.29, 0.717) is 11.5 Å². The zero-order valence-electron chi connectivity index (χ0n) is 8.87. The molecule has 0 spiro atoms. The van der Waals surface area contributed by atoms with Gasteiger partial charge in [-0.3, -0.25) is 0 Å². The molecule has 0 amide bonds. The number of hydrogen-bond donors (Lipinski definition) is 2. The maximum atomic E-state index is 5.80. The van der Waals surface area contributed by atoms with E-state index in [1.165, 1.54) is 5.56 Å². The molecule has 2 aromatic rings. The van der Waals surface area contributed by atoms with Crippen molar-refractivity contribution in [3.05, 3.63) is 46.6 Å². The lowest BCUT2D eigenvalue weighted by Gasteiger charge is -2.09. The molecular formula is C12H12BrN3. The molecule has 4 heteroatoms. The van der Waals surface area contributed by atoms with Crippen LogP contribution >= 0.6 is 15.9 Å². The first kappa shape index (κ1) is 11.0. The summed E-state index contributed by atoms with van der Waals surface area (Å²) < 4.78 is 1.09. The van der Waals surface area contributed by atoms with Crippen molar-refractivity contribution in [3.8, 4) is 0 Å². The zero-order chi connectivity index (χ0) is 11.5. The number of anilines is 3. The van der Waals surface area contributed by atoms with Gasteiger partial charge in [0, 0.05) is 16.4 Å². The number of aromatic nitrogens is 1. The molecule has 16 heavy (non-hydrogen) atoms. The molecule has 3 N–H and O–H groups in total. The average Bonchev–Trinajstić information content (AvgIpc) is 2.27. The summed E-state index contributed by atoms with van der Waals surface area (Å²) in [7, 11) is 0. The molecule has 0 saturated heterocycles. The molecule has 1 aromatic carbocycles. The van der Waals surface area contributed by atoms with Gasteiger partial charge < -0.3 is 11.1 Å². The summed E-state index contributed by atoms with van der Waals surface area (Å²) in [5.41, 5.74) is 8.59. The summed E-state index contributed by atoms with van der Waals surface area (Å²) in [5.74, 6) is 0.684. The fourth-order valence-electron chi connectivity index (χ4n) is 1.38. The van der Waals surface area contributed by atoms with Gasteiger partial charge in [0.1, 0.15) is 0 Å². The second-order valence-electron chi connectivity index (χ2n) is 3.53. The van der Waals surface area contributed by atoms with Gasteiger partial charge in [0.25, 0.3) is 0 Å². The van der Waals surface area contributed by atoms with Crippen molar-refractivity contribution in [2.75, 3.05) is 11.1 Å². The second kappa shape index (κ2) is 4.53. The van der Waals surface area contributed by atoms with Crippen molar-refractivity contribution in [1.29, 1.82) is 0 Å². The van der Waals surface area contributed by atoms with Crippen molar-refractivity contribution < 1.29 is 0 Å². The van der Waals surface area contributed by atoms with E-state index in [9.17, 15) is 0 Å². The van der Waals surface area contributed by atoms with Crippen LogP contribution < -0.4 is 11.1 Å². The quantitative estimate of drug-likeness (QED) is 0.884. The Hall–Kier alpha value is -1.55. The van der Waals surface area contributed by atoms with Crippen LogP contribution in [0, 0.1) is 6.92 Å². The highest BCUT2D eigenvalue weighted by Crippen LogP contribution is 2.24. The standard InChI is InChI=1S/C12H12BrN3/c1-8-7-9(4-5-10(8)13)16-12-11(14)3-2-6-15-12/h2-7H,14H2,1H3,(H,15,16). The van der Waals surface area contributed by atoms with Crippen LogP contribution in [-0.4, -0.2) is 4.98 Å². The van der Waals surface area contributed by atoms with Crippen LogP contribution in [0.3, 0.4) is 0 Å². The SMILES string of the molecule is Cc1cc(Nc2ncccc2N)ccc1Br. The third-order valence-electron chi connectivity index (χ3n) is 2.26. The van der Waals surface area contributed by atoms with Crippen LogP contribution in [0.2, 0.25) is 0 Å². The van der Waals surface area contributed by atoms with E-state index >= 15 is 0 Å². The van der Waals surface area contributed by atoms with Crippen LogP contribution in [0.15, 0.2) is 41.0 Å². The first-order valence-corrected chi connectivity index (χ1v) is 5.70. The number of nitrogens with zero attached hydrogens (tertiary/aromatic N) is 1. The fraction of sp³-hybridized carbons (Fsp3) is 0.0833. The maximum absolute atomic E-state index is 5.80. The number of nitrogen functional groups attached to an aromatic ring is 1. The zero-order valence-corrected chi connectivity index (χ0v) is 10.5. The van der Waals surface area contributed by atoms with E-state index in [1.54, 1.807) is 6.20 Å². The monoisotopic (exact) mass is 277 g/mol. The van der Waals surface area contributed by atoms with Crippen molar-refractivity contribution in [2.45, 2.75) is 6.92 Å². The molecule has 0 aliphatic heterocycles. The Labute approximate surface area is 103 Å². The molecule has 1 aromatic heterocycles. The van der Waals surface area contributed by atoms with E-state index in [4.69, 9.17) is 5.73 Å². The molecule has 0 atom stereocenters. The highest BCUT2D eigenvalue weighted by molar-refractivity contribution is 9.10. The third-order valence-corrected chi connectivity index (χ3v) is 3.15. The topological polar surface area (TPSA) is 50.9 Å². The predicted molar refractivity (Wildman–Crippen MR) is 70.8 cm³/mol. The molecule has 2 rings (SSSR count). The first-order valence-electron chi connectivity index (χ1n) is 4.90. The molecule has 1 heterocycles. The Morgan fingerprint density at radius 2 is 2.12 bits per heavy atom. The summed E-state index contributed by atoms with van der Waals surface area (Å²) in [5, 5.41) is 3.18. The number of nitrogens with one attached hydrogen (secondary N) is 1. The summed E-state index contributed by atoms with van der Waals surface area (Å²) in [6, 6.07) is 9.65. The maximum Gasteiger partial charge on any atom is 0.153 e. The van der Waals surface area contributed by atoms with Gasteiger partial charge in [0.05, 0.1) is 5.69 Å². The second-order valence-corrected chi connectivity index (χ2v) is 4.38. The summed E-state index contributed by atoms with van der Waals surface area (Å²) in [6.45, 7) is 2.04. The smallest absolute Gasteiger partial charge is 0.153 e. The number of nitrogens with two attached hydrogens (primary N) is 1. The summed E-state index contributed by atoms with van der Waals surface area (Å²) in [6.07, 6.45) is 1.71. The number of rotatable bonds is 2. The minimum absolute atomic E-state index is 0.642. The minimum Gasteiger partial charge on any atom is -0.396 e. The predicted octanol–water partition coefficient (Wildman–Crippen LogP) is 3.48. The van der Waals surface area contributed by atoms with Crippen LogP contribution in [0.1, 0.15) is 5.56 Å². The fourth-order valence-corrected chi connectivity index (χ4v) is 1.63. The Bertz CT molecular complexity index is 511. The van der Waals surface area contributed by atoms with Crippen molar-refractivity contribution in [3.63, 3.8) is 0 Å². The lowest BCUT2D eigenvalue weighted by Crippen LogP contribution is -1.98. The Morgan fingerprint density at radius 3 is 2.81 bits per heavy atom. The summed E-state index contributed by atoms with van der Waals surface area (Å²) >= 11 is 3.46. The van der Waals surface area contributed by atoms with E-state index in [2.05, 4.69) is 26.2 Å². The molecule has 0 bridgehead atoms. The van der Waals surface area contributed by atoms with Gasteiger partial charge in [-0.1, -0.05) is 15.9 Å². The Morgan fingerprint density at radius 1 is 1.31 bits per heavy atom. The molecule has 3 nitrogen and oxygen atoms in total. The first-order chi connectivity index (χ1) is 7.66. The molecule has 0 aliphatic rings. The van der Waals surface area contributed by atoms with E-state index in [1.807, 2.05) is 37.3 Å². The largest absolute Gasteiger partial charge is 0.396 e. The Kier molecular flexibility index (Phi) is 3.10. The van der Waals surface area contributed by atoms with Crippen molar-refractivity contribution >= 4 is 33.1 Å². The molecular weight excluding hydrogens is 266 g/mol. The van der Waals surface area contributed by atoms with Crippen molar-refractivity contribution in [2.24, 2.45) is 0 Å². The van der Waals surface area contributed by atoms with E-state index in [0.717, 1.165) is 10.2 Å². The highest BCUT2D eigenvalue weighted by Gasteiger charge is 2.01. The number of benzene rings is 1. The minimum atomic E-state index is 0.642. The molecule has 0 aliphatic carbocycles. The van der Waals surface area contributed by atoms with Crippen LogP contribution in [-0.2, 0) is 0 Å². The average molecular weight is 278 g/mol. The normalized spacial score (nSPS) is 10.1. The molecule has 82 valence electrons. The van der Waals surface area contributed by atoms with Gasteiger partial charge in [-0.2, -0.15) is 0 Å². The number of aryl methyl sites for hydroxylation is 1. The Balaban J connectivity index is 2.28. The number of hydrogen-bond acceptors (Lipinski definition) is 3. The highest BCUT2D eigenvalue weighted by atomic mass is 79.9. The van der Waals surface area contributed by atoms with Gasteiger partial charge in [-0.05, 0) is 42.8 Å². The van der Waals surface area contributed by atoms with Crippen LogP contribution in [0.4, 0.5) is 17.2 Å². The van der Waals surface area contributed by atoms with Gasteiger partial charge in [0.2, 0.25) is 0 Å². The number of pyridine rings is 1. The van der Waals surface area contributed by atoms with Gasteiger partial charge >= 0.3 is 0 Å². The van der Waals surface area contributed by atoms with E-state index < -0.39 is 0 Å². The van der Waals surface area contributed by atoms with E-state index in [-0.39, 0.29) is 0 Å². The lowest BCUT2D eigenvalue weighted by molar-refractivity contribution is 1.30. The van der Waals surface area contributed by atoms with Gasteiger partial charge in [-0.15, -0.1) is 0 Å². The van der Waals surface area contributed by atoms with Crippen LogP contribution in [0.5, 0.6) is 0 Å². The third kappa shape index (κ3) is 2.33. The van der Waals surface area contributed by atoms with Crippen molar-refractivity contribution in [1.82, 2.24) is 4.98 Å². The van der Waals surface area contributed by atoms with Gasteiger partial charge in [-0.25, -0.2) is 4.98 Å². The molecule has 0 radical (unpaired) electrons. The molecule has 0 saturated carbocycles. The lowest BCUT2D eigenvalue weighted by atomic mass is 10.2. The summed E-state index contributed by atoms with van der Waals surface area (Å²) in [4.78, 5) is 4.18.